The lowest BCUT2D eigenvalue weighted by molar-refractivity contribution is 0.0116. The van der Waals surface area contributed by atoms with Crippen molar-refractivity contribution in [2.24, 2.45) is 0 Å². The molecular weight excluding hydrogens is 349 g/mol. The Hall–Kier alpha value is -2.15. The number of hydrogen-bond donors (Lipinski definition) is 3. The van der Waals surface area contributed by atoms with Crippen molar-refractivity contribution in [3.63, 3.8) is 0 Å². The van der Waals surface area contributed by atoms with Crippen LogP contribution in [0.2, 0.25) is 5.02 Å². The molecule has 25 heavy (non-hydrogen) atoms. The van der Waals surface area contributed by atoms with Crippen molar-refractivity contribution in [3.8, 4) is 0 Å². The Balaban J connectivity index is 1.75. The average Bonchev–Trinajstić information content (AvgIpc) is 2.62. The minimum atomic E-state index is -1.44. The smallest absolute Gasteiger partial charge is 0.407 e. The average molecular weight is 368 g/mol. The number of aliphatic hydroxyl groups excluding tert-OH is 2. The molecule has 0 fully saturated rings. The summed E-state index contributed by atoms with van der Waals surface area (Å²) < 4.78 is 18.8. The van der Waals surface area contributed by atoms with E-state index in [-0.39, 0.29) is 30.2 Å². The molecule has 0 heterocycles. The third-order valence-electron chi connectivity index (χ3n) is 3.59. The summed E-state index contributed by atoms with van der Waals surface area (Å²) in [5.74, 6) is -0.772. The molecule has 0 spiro atoms. The van der Waals surface area contributed by atoms with Crippen molar-refractivity contribution in [2.75, 3.05) is 6.54 Å². The van der Waals surface area contributed by atoms with Crippen LogP contribution >= 0.6 is 11.6 Å². The molecule has 5 nitrogen and oxygen atoms in total. The van der Waals surface area contributed by atoms with Gasteiger partial charge in [-0.25, -0.2) is 9.18 Å². The lowest BCUT2D eigenvalue weighted by Crippen LogP contribution is -2.30. The van der Waals surface area contributed by atoms with E-state index in [1.165, 1.54) is 18.2 Å². The topological polar surface area (TPSA) is 78.8 Å². The van der Waals surface area contributed by atoms with Crippen molar-refractivity contribution < 1.29 is 24.1 Å². The zero-order valence-electron chi connectivity index (χ0n) is 13.4. The fraction of sp³-hybridized carbons (Fsp3) is 0.278. The Morgan fingerprint density at radius 2 is 1.88 bits per heavy atom. The standard InChI is InChI=1S/C18H19ClFNO4/c19-14-8-4-7-13(16(14)20)17(23)15(22)9-10-21-18(24)25-11-12-5-2-1-3-6-12/h1-8,15,17,22-23H,9-11H2,(H,21,24). The van der Waals surface area contributed by atoms with E-state index >= 15 is 0 Å². The fourth-order valence-corrected chi connectivity index (χ4v) is 2.39. The highest BCUT2D eigenvalue weighted by Crippen LogP contribution is 2.26. The number of ether oxygens (including phenoxy) is 1. The number of rotatable bonds is 7. The molecule has 2 rings (SSSR count). The molecule has 0 aromatic heterocycles. The van der Waals surface area contributed by atoms with Gasteiger partial charge < -0.3 is 20.3 Å². The molecule has 0 aliphatic heterocycles. The van der Waals surface area contributed by atoms with Crippen LogP contribution in [0.25, 0.3) is 0 Å². The van der Waals surface area contributed by atoms with Gasteiger partial charge in [0.1, 0.15) is 18.5 Å². The van der Waals surface area contributed by atoms with Gasteiger partial charge in [-0.15, -0.1) is 0 Å². The number of halogens is 2. The molecule has 2 unspecified atom stereocenters. The second-order valence-electron chi connectivity index (χ2n) is 5.43. The van der Waals surface area contributed by atoms with Gasteiger partial charge in [0.05, 0.1) is 11.1 Å². The monoisotopic (exact) mass is 367 g/mol. The third-order valence-corrected chi connectivity index (χ3v) is 3.88. The van der Waals surface area contributed by atoms with Crippen molar-refractivity contribution >= 4 is 17.7 Å². The summed E-state index contributed by atoms with van der Waals surface area (Å²) in [6, 6.07) is 13.4. The summed E-state index contributed by atoms with van der Waals surface area (Å²) in [4.78, 5) is 11.6. The van der Waals surface area contributed by atoms with Crippen LogP contribution in [-0.4, -0.2) is 29.0 Å². The first kappa shape index (κ1) is 19.2. The van der Waals surface area contributed by atoms with Crippen molar-refractivity contribution in [3.05, 3.63) is 70.5 Å². The lowest BCUT2D eigenvalue weighted by Gasteiger charge is -2.19. The first-order chi connectivity index (χ1) is 12.0. The number of nitrogens with one attached hydrogen (secondary N) is 1. The zero-order chi connectivity index (χ0) is 18.2. The maximum Gasteiger partial charge on any atom is 0.407 e. The van der Waals surface area contributed by atoms with E-state index in [0.717, 1.165) is 5.56 Å². The van der Waals surface area contributed by atoms with Crippen LogP contribution in [-0.2, 0) is 11.3 Å². The van der Waals surface area contributed by atoms with E-state index in [2.05, 4.69) is 5.32 Å². The number of carbonyl (C=O) groups is 1. The second-order valence-corrected chi connectivity index (χ2v) is 5.84. The Morgan fingerprint density at radius 3 is 2.60 bits per heavy atom. The van der Waals surface area contributed by atoms with Crippen LogP contribution in [0, 0.1) is 5.82 Å². The molecule has 0 saturated heterocycles. The SMILES string of the molecule is O=C(NCCC(O)C(O)c1cccc(Cl)c1F)OCc1ccccc1. The quantitative estimate of drug-likeness (QED) is 0.702. The molecular formula is C18H19ClFNO4. The van der Waals surface area contributed by atoms with Crippen LogP contribution in [0.3, 0.4) is 0 Å². The summed E-state index contributed by atoms with van der Waals surface area (Å²) in [6.07, 6.45) is -3.32. The largest absolute Gasteiger partial charge is 0.445 e. The van der Waals surface area contributed by atoms with E-state index in [1.807, 2.05) is 30.3 Å². The number of hydrogen-bond acceptors (Lipinski definition) is 4. The Morgan fingerprint density at radius 1 is 1.16 bits per heavy atom. The summed E-state index contributed by atoms with van der Waals surface area (Å²) in [5, 5.41) is 22.3. The predicted molar refractivity (Wildman–Crippen MR) is 91.6 cm³/mol. The van der Waals surface area contributed by atoms with E-state index < -0.39 is 24.1 Å². The molecule has 1 amide bonds. The summed E-state index contributed by atoms with van der Waals surface area (Å²) >= 11 is 5.65. The number of carbonyl (C=O) groups excluding carboxylic acids is 1. The van der Waals surface area contributed by atoms with Crippen LogP contribution < -0.4 is 5.32 Å². The molecule has 0 aliphatic carbocycles. The van der Waals surface area contributed by atoms with Crippen molar-refractivity contribution in [1.29, 1.82) is 0 Å². The lowest BCUT2D eigenvalue weighted by atomic mass is 10.0. The highest BCUT2D eigenvalue weighted by molar-refractivity contribution is 6.30. The first-order valence-electron chi connectivity index (χ1n) is 7.73. The van der Waals surface area contributed by atoms with E-state index in [1.54, 1.807) is 0 Å². The maximum atomic E-state index is 13.8. The molecule has 2 aromatic rings. The van der Waals surface area contributed by atoms with Gasteiger partial charge in [-0.1, -0.05) is 54.1 Å². The first-order valence-corrected chi connectivity index (χ1v) is 8.11. The number of amides is 1. The second kappa shape index (κ2) is 9.36. The van der Waals surface area contributed by atoms with Crippen molar-refractivity contribution in [2.45, 2.75) is 25.2 Å². The minimum absolute atomic E-state index is 0.0214. The van der Waals surface area contributed by atoms with E-state index in [9.17, 15) is 19.4 Å². The highest BCUT2D eigenvalue weighted by Gasteiger charge is 2.22. The van der Waals surface area contributed by atoms with Gasteiger partial charge in [0.15, 0.2) is 0 Å². The molecule has 7 heteroatoms. The van der Waals surface area contributed by atoms with E-state index in [4.69, 9.17) is 16.3 Å². The number of alkyl carbamates (subject to hydrolysis) is 1. The van der Waals surface area contributed by atoms with Crippen LogP contribution in [0.4, 0.5) is 9.18 Å². The normalized spacial score (nSPS) is 13.1. The summed E-state index contributed by atoms with van der Waals surface area (Å²) in [5.41, 5.74) is 0.760. The maximum absolute atomic E-state index is 13.8. The zero-order valence-corrected chi connectivity index (χ0v) is 14.1. The summed E-state index contributed by atoms with van der Waals surface area (Å²) in [7, 11) is 0. The molecule has 3 N–H and O–H groups in total. The molecule has 2 aromatic carbocycles. The fourth-order valence-electron chi connectivity index (χ4n) is 2.21. The molecule has 0 bridgehead atoms. The van der Waals surface area contributed by atoms with Crippen LogP contribution in [0.5, 0.6) is 0 Å². The Kier molecular flexibility index (Phi) is 7.18. The van der Waals surface area contributed by atoms with Gasteiger partial charge in [-0.05, 0) is 18.1 Å². The number of aliphatic hydroxyl groups is 2. The van der Waals surface area contributed by atoms with Gasteiger partial charge >= 0.3 is 6.09 Å². The van der Waals surface area contributed by atoms with E-state index in [0.29, 0.717) is 0 Å². The highest BCUT2D eigenvalue weighted by atomic mass is 35.5. The molecule has 134 valence electrons. The number of benzene rings is 2. The van der Waals surface area contributed by atoms with Gasteiger partial charge in [-0.3, -0.25) is 0 Å². The molecule has 0 saturated carbocycles. The predicted octanol–water partition coefficient (Wildman–Crippen LogP) is 3.19. The Labute approximate surface area is 150 Å². The Bertz CT molecular complexity index is 699. The minimum Gasteiger partial charge on any atom is -0.445 e. The van der Waals surface area contributed by atoms with Crippen LogP contribution in [0.15, 0.2) is 48.5 Å². The van der Waals surface area contributed by atoms with Crippen molar-refractivity contribution in [1.82, 2.24) is 5.32 Å². The molecule has 0 radical (unpaired) electrons. The van der Waals surface area contributed by atoms with Gasteiger partial charge in [-0.2, -0.15) is 0 Å². The van der Waals surface area contributed by atoms with Gasteiger partial charge in [0, 0.05) is 12.1 Å². The van der Waals surface area contributed by atoms with Gasteiger partial charge in [0.25, 0.3) is 0 Å². The summed E-state index contributed by atoms with van der Waals surface area (Å²) in [6.45, 7) is 0.194. The third kappa shape index (κ3) is 5.70. The molecule has 2 atom stereocenters. The van der Waals surface area contributed by atoms with Crippen LogP contribution in [0.1, 0.15) is 23.7 Å². The molecule has 0 aliphatic rings. The van der Waals surface area contributed by atoms with Gasteiger partial charge in [0.2, 0.25) is 0 Å².